The van der Waals surface area contributed by atoms with Gasteiger partial charge in [0.1, 0.15) is 0 Å². The van der Waals surface area contributed by atoms with Crippen molar-refractivity contribution in [3.63, 3.8) is 0 Å². The van der Waals surface area contributed by atoms with Crippen LogP contribution in [0.4, 0.5) is 0 Å². The minimum atomic E-state index is -0.128. The highest BCUT2D eigenvalue weighted by Crippen LogP contribution is 2.39. The monoisotopic (exact) mass is 251 g/mol. The Kier molecular flexibility index (Phi) is 3.11. The second-order valence-corrected chi connectivity index (χ2v) is 5.87. The van der Waals surface area contributed by atoms with E-state index in [1.54, 1.807) is 0 Å². The van der Waals surface area contributed by atoms with E-state index in [1.807, 2.05) is 0 Å². The smallest absolute Gasteiger partial charge is 0.234 e. The first-order chi connectivity index (χ1) is 8.68. The lowest BCUT2D eigenvalue weighted by atomic mass is 9.85. The molecule has 3 rings (SSSR count). The zero-order chi connectivity index (χ0) is 12.6. The zero-order valence-electron chi connectivity index (χ0n) is 10.9. The number of nitrogens with two attached hydrogens (primary N) is 1. The molecule has 2 fully saturated rings. The fourth-order valence-electron chi connectivity index (χ4n) is 3.03. The zero-order valence-corrected chi connectivity index (χ0v) is 10.9. The fraction of sp³-hybridized carbons (Fsp3) is 0.846. The van der Waals surface area contributed by atoms with Crippen LogP contribution < -0.4 is 5.73 Å². The Balaban J connectivity index is 1.72. The van der Waals surface area contributed by atoms with Gasteiger partial charge in [-0.25, -0.2) is 0 Å². The SMILES string of the molecule is CC1(c2nc(CC3CCOC3)no2)CCCC1N. The number of nitrogens with zero attached hydrogens (tertiary/aromatic N) is 2. The van der Waals surface area contributed by atoms with Gasteiger partial charge in [-0.15, -0.1) is 0 Å². The van der Waals surface area contributed by atoms with E-state index in [9.17, 15) is 0 Å². The summed E-state index contributed by atoms with van der Waals surface area (Å²) in [5, 5.41) is 4.11. The van der Waals surface area contributed by atoms with Gasteiger partial charge in [-0.05, 0) is 32.1 Å². The normalized spacial score (nSPS) is 36.3. The van der Waals surface area contributed by atoms with Crippen LogP contribution in [0.1, 0.15) is 44.3 Å². The van der Waals surface area contributed by atoms with Gasteiger partial charge in [0.2, 0.25) is 5.89 Å². The molecule has 0 radical (unpaired) electrons. The van der Waals surface area contributed by atoms with E-state index < -0.39 is 0 Å². The predicted octanol–water partition coefficient (Wildman–Crippen LogP) is 1.42. The topological polar surface area (TPSA) is 74.2 Å². The molecular weight excluding hydrogens is 230 g/mol. The summed E-state index contributed by atoms with van der Waals surface area (Å²) in [6.07, 6.45) is 5.19. The lowest BCUT2D eigenvalue weighted by molar-refractivity contribution is 0.185. The highest BCUT2D eigenvalue weighted by atomic mass is 16.5. The summed E-state index contributed by atoms with van der Waals surface area (Å²) >= 11 is 0. The molecule has 2 N–H and O–H groups in total. The van der Waals surface area contributed by atoms with Crippen molar-refractivity contribution in [2.45, 2.75) is 50.5 Å². The van der Waals surface area contributed by atoms with E-state index in [0.717, 1.165) is 57.0 Å². The number of hydrogen-bond acceptors (Lipinski definition) is 5. The average molecular weight is 251 g/mol. The van der Waals surface area contributed by atoms with Gasteiger partial charge < -0.3 is 15.0 Å². The number of ether oxygens (including phenoxy) is 1. The summed E-state index contributed by atoms with van der Waals surface area (Å²) in [7, 11) is 0. The van der Waals surface area contributed by atoms with Crippen molar-refractivity contribution in [3.05, 3.63) is 11.7 Å². The second-order valence-electron chi connectivity index (χ2n) is 5.87. The van der Waals surface area contributed by atoms with Crippen molar-refractivity contribution in [1.29, 1.82) is 0 Å². The van der Waals surface area contributed by atoms with Crippen LogP contribution in [0.5, 0.6) is 0 Å². The van der Waals surface area contributed by atoms with Crippen molar-refractivity contribution in [2.24, 2.45) is 11.7 Å². The van der Waals surface area contributed by atoms with Crippen molar-refractivity contribution in [3.8, 4) is 0 Å². The molecule has 1 saturated carbocycles. The highest BCUT2D eigenvalue weighted by molar-refractivity contribution is 5.11. The summed E-state index contributed by atoms with van der Waals surface area (Å²) in [4.78, 5) is 4.56. The molecule has 18 heavy (non-hydrogen) atoms. The van der Waals surface area contributed by atoms with Crippen LogP contribution in [0, 0.1) is 5.92 Å². The van der Waals surface area contributed by atoms with Gasteiger partial charge in [0.25, 0.3) is 0 Å². The Morgan fingerprint density at radius 3 is 3.00 bits per heavy atom. The summed E-state index contributed by atoms with van der Waals surface area (Å²) in [6.45, 7) is 3.82. The molecule has 3 atom stereocenters. The molecular formula is C13H21N3O2. The maximum absolute atomic E-state index is 6.17. The molecule has 0 bridgehead atoms. The molecule has 5 nitrogen and oxygen atoms in total. The maximum Gasteiger partial charge on any atom is 0.234 e. The van der Waals surface area contributed by atoms with Crippen LogP contribution in [-0.4, -0.2) is 29.4 Å². The Bertz CT molecular complexity index is 414. The first-order valence-electron chi connectivity index (χ1n) is 6.85. The van der Waals surface area contributed by atoms with Crippen LogP contribution >= 0.6 is 0 Å². The third-order valence-corrected chi connectivity index (χ3v) is 4.48. The lowest BCUT2D eigenvalue weighted by Crippen LogP contribution is -2.38. The molecule has 1 saturated heterocycles. The Morgan fingerprint density at radius 1 is 1.44 bits per heavy atom. The van der Waals surface area contributed by atoms with Crippen molar-refractivity contribution in [1.82, 2.24) is 10.1 Å². The van der Waals surface area contributed by atoms with E-state index in [4.69, 9.17) is 15.0 Å². The lowest BCUT2D eigenvalue weighted by Gasteiger charge is -2.23. The van der Waals surface area contributed by atoms with E-state index in [1.165, 1.54) is 0 Å². The summed E-state index contributed by atoms with van der Waals surface area (Å²) in [5.41, 5.74) is 6.04. The maximum atomic E-state index is 6.17. The minimum Gasteiger partial charge on any atom is -0.381 e. The number of hydrogen-bond donors (Lipinski definition) is 1. The van der Waals surface area contributed by atoms with Crippen molar-refractivity contribution < 1.29 is 9.26 Å². The van der Waals surface area contributed by atoms with E-state index >= 15 is 0 Å². The fourth-order valence-corrected chi connectivity index (χ4v) is 3.03. The van der Waals surface area contributed by atoms with Crippen LogP contribution in [0.2, 0.25) is 0 Å². The quantitative estimate of drug-likeness (QED) is 0.879. The molecule has 0 aromatic carbocycles. The van der Waals surface area contributed by atoms with Gasteiger partial charge in [-0.1, -0.05) is 11.6 Å². The van der Waals surface area contributed by atoms with Gasteiger partial charge in [-0.3, -0.25) is 0 Å². The molecule has 0 amide bonds. The van der Waals surface area contributed by atoms with Crippen LogP contribution in [0.3, 0.4) is 0 Å². The van der Waals surface area contributed by atoms with Crippen molar-refractivity contribution >= 4 is 0 Å². The van der Waals surface area contributed by atoms with Gasteiger partial charge in [0, 0.05) is 25.7 Å². The summed E-state index contributed by atoms with van der Waals surface area (Å²) in [6, 6.07) is 0.139. The third kappa shape index (κ3) is 2.06. The number of rotatable bonds is 3. The van der Waals surface area contributed by atoms with Crippen LogP contribution in [0.25, 0.3) is 0 Å². The molecule has 1 aliphatic heterocycles. The van der Waals surface area contributed by atoms with E-state index in [0.29, 0.717) is 5.92 Å². The van der Waals surface area contributed by atoms with Gasteiger partial charge in [-0.2, -0.15) is 4.98 Å². The molecule has 5 heteroatoms. The Labute approximate surface area is 107 Å². The highest BCUT2D eigenvalue weighted by Gasteiger charge is 2.42. The Morgan fingerprint density at radius 2 is 2.33 bits per heavy atom. The summed E-state index contributed by atoms with van der Waals surface area (Å²) in [5.74, 6) is 2.07. The van der Waals surface area contributed by atoms with Gasteiger partial charge in [0.15, 0.2) is 5.82 Å². The van der Waals surface area contributed by atoms with Crippen LogP contribution in [0.15, 0.2) is 4.52 Å². The second kappa shape index (κ2) is 4.63. The Hall–Kier alpha value is -0.940. The molecule has 1 aromatic heterocycles. The molecule has 2 aliphatic rings. The first-order valence-corrected chi connectivity index (χ1v) is 6.85. The number of aromatic nitrogens is 2. The van der Waals surface area contributed by atoms with E-state index in [2.05, 4.69) is 17.1 Å². The predicted molar refractivity (Wildman–Crippen MR) is 66.1 cm³/mol. The van der Waals surface area contributed by atoms with Crippen molar-refractivity contribution in [2.75, 3.05) is 13.2 Å². The molecule has 3 unspecified atom stereocenters. The molecule has 1 aromatic rings. The van der Waals surface area contributed by atoms with Crippen LogP contribution in [-0.2, 0) is 16.6 Å². The standard InChI is InChI=1S/C13H21N3O2/c1-13(5-2-3-10(13)14)12-15-11(16-18-12)7-9-4-6-17-8-9/h9-10H,2-8,14H2,1H3. The molecule has 0 spiro atoms. The third-order valence-electron chi connectivity index (χ3n) is 4.48. The van der Waals surface area contributed by atoms with Gasteiger partial charge in [0.05, 0.1) is 5.41 Å². The molecule has 100 valence electrons. The molecule has 1 aliphatic carbocycles. The van der Waals surface area contributed by atoms with E-state index in [-0.39, 0.29) is 11.5 Å². The average Bonchev–Trinajstić information content (AvgIpc) is 3.04. The first kappa shape index (κ1) is 12.1. The largest absolute Gasteiger partial charge is 0.381 e. The molecule has 2 heterocycles. The summed E-state index contributed by atoms with van der Waals surface area (Å²) < 4.78 is 10.8. The van der Waals surface area contributed by atoms with Gasteiger partial charge >= 0.3 is 0 Å². The minimum absolute atomic E-state index is 0.128.